The van der Waals surface area contributed by atoms with Crippen LogP contribution in [0.1, 0.15) is 12.0 Å². The SMILES string of the molecule is CS(=O)(=O)OC1CCN(c2nc3ccc(-c4ccc(C#N)cc4)cc3s2)C1. The molecule has 0 radical (unpaired) electrons. The molecule has 0 N–H and O–H groups in total. The Kier molecular flexibility index (Phi) is 4.60. The molecule has 2 heterocycles. The summed E-state index contributed by atoms with van der Waals surface area (Å²) in [7, 11) is -3.44. The second kappa shape index (κ2) is 6.93. The molecule has 4 rings (SSSR count). The summed E-state index contributed by atoms with van der Waals surface area (Å²) in [5, 5.41) is 9.80. The number of fused-ring (bicyclic) bond motifs is 1. The Bertz CT molecular complexity index is 1130. The Morgan fingerprint density at radius 3 is 2.67 bits per heavy atom. The Balaban J connectivity index is 1.57. The number of rotatable bonds is 4. The summed E-state index contributed by atoms with van der Waals surface area (Å²) < 4.78 is 28.8. The van der Waals surface area contributed by atoms with Crippen molar-refractivity contribution < 1.29 is 12.6 Å². The molecule has 1 atom stereocenters. The summed E-state index contributed by atoms with van der Waals surface area (Å²) in [6, 6.07) is 15.7. The molecule has 1 saturated heterocycles. The van der Waals surface area contributed by atoms with Gasteiger partial charge in [-0.3, -0.25) is 4.18 Å². The highest BCUT2D eigenvalue weighted by Crippen LogP contribution is 2.34. The number of nitriles is 1. The van der Waals surface area contributed by atoms with E-state index < -0.39 is 10.1 Å². The molecule has 1 aliphatic rings. The first-order valence-corrected chi connectivity index (χ1v) is 11.1. The van der Waals surface area contributed by atoms with E-state index in [-0.39, 0.29) is 6.10 Å². The van der Waals surface area contributed by atoms with Crippen molar-refractivity contribution in [3.63, 3.8) is 0 Å². The lowest BCUT2D eigenvalue weighted by Gasteiger charge is -2.14. The van der Waals surface area contributed by atoms with Gasteiger partial charge in [-0.25, -0.2) is 4.98 Å². The van der Waals surface area contributed by atoms with Gasteiger partial charge in [0, 0.05) is 13.1 Å². The van der Waals surface area contributed by atoms with Crippen LogP contribution in [0.15, 0.2) is 42.5 Å². The molecular formula is C19H17N3O3S2. The smallest absolute Gasteiger partial charge is 0.264 e. The maximum absolute atomic E-state index is 11.3. The van der Waals surface area contributed by atoms with Crippen LogP contribution in [0.2, 0.25) is 0 Å². The molecule has 3 aromatic rings. The first kappa shape index (κ1) is 17.9. The lowest BCUT2D eigenvalue weighted by Crippen LogP contribution is -2.24. The van der Waals surface area contributed by atoms with Gasteiger partial charge in [0.2, 0.25) is 0 Å². The molecule has 0 bridgehead atoms. The highest BCUT2D eigenvalue weighted by molar-refractivity contribution is 7.86. The third-order valence-electron chi connectivity index (χ3n) is 4.45. The highest BCUT2D eigenvalue weighted by atomic mass is 32.2. The summed E-state index contributed by atoms with van der Waals surface area (Å²) >= 11 is 1.59. The van der Waals surface area contributed by atoms with Crippen molar-refractivity contribution in [2.75, 3.05) is 24.2 Å². The minimum absolute atomic E-state index is 0.318. The number of aromatic nitrogens is 1. The molecule has 8 heteroatoms. The molecular weight excluding hydrogens is 382 g/mol. The molecule has 1 aliphatic heterocycles. The van der Waals surface area contributed by atoms with Crippen LogP contribution in [-0.4, -0.2) is 38.9 Å². The van der Waals surface area contributed by atoms with Gasteiger partial charge in [0.1, 0.15) is 0 Å². The molecule has 0 amide bonds. The fourth-order valence-electron chi connectivity index (χ4n) is 3.19. The Hall–Kier alpha value is -2.47. The molecule has 1 aromatic heterocycles. The summed E-state index contributed by atoms with van der Waals surface area (Å²) in [5.41, 5.74) is 3.68. The van der Waals surface area contributed by atoms with Gasteiger partial charge in [0.15, 0.2) is 5.13 Å². The zero-order valence-corrected chi connectivity index (χ0v) is 16.3. The van der Waals surface area contributed by atoms with Gasteiger partial charge in [-0.05, 0) is 41.8 Å². The number of hydrogen-bond donors (Lipinski definition) is 0. The van der Waals surface area contributed by atoms with E-state index in [4.69, 9.17) is 9.44 Å². The molecule has 1 unspecified atom stereocenters. The first-order valence-electron chi connectivity index (χ1n) is 8.45. The summed E-state index contributed by atoms with van der Waals surface area (Å²) in [5.74, 6) is 0. The van der Waals surface area contributed by atoms with E-state index in [1.54, 1.807) is 11.3 Å². The second-order valence-corrected chi connectivity index (χ2v) is 9.13. The average Bonchev–Trinajstić information content (AvgIpc) is 3.26. The van der Waals surface area contributed by atoms with Gasteiger partial charge >= 0.3 is 0 Å². The fourth-order valence-corrected chi connectivity index (χ4v) is 4.88. The van der Waals surface area contributed by atoms with Crippen LogP contribution < -0.4 is 4.90 Å². The minimum atomic E-state index is -3.44. The van der Waals surface area contributed by atoms with Gasteiger partial charge in [-0.2, -0.15) is 13.7 Å². The van der Waals surface area contributed by atoms with Crippen molar-refractivity contribution in [2.45, 2.75) is 12.5 Å². The van der Waals surface area contributed by atoms with Gasteiger partial charge in [-0.15, -0.1) is 0 Å². The number of benzene rings is 2. The van der Waals surface area contributed by atoms with Gasteiger partial charge in [-0.1, -0.05) is 29.5 Å². The van der Waals surface area contributed by atoms with Crippen LogP contribution in [0.4, 0.5) is 5.13 Å². The van der Waals surface area contributed by atoms with Crippen LogP contribution in [-0.2, 0) is 14.3 Å². The lowest BCUT2D eigenvalue weighted by molar-refractivity contribution is 0.234. The predicted molar refractivity (Wildman–Crippen MR) is 106 cm³/mol. The predicted octanol–water partition coefficient (Wildman–Crippen LogP) is 3.39. The van der Waals surface area contributed by atoms with E-state index in [1.165, 1.54) is 0 Å². The van der Waals surface area contributed by atoms with Crippen molar-refractivity contribution in [1.82, 2.24) is 4.98 Å². The number of hydrogen-bond acceptors (Lipinski definition) is 7. The standard InChI is InChI=1S/C19H17N3O3S2/c1-27(23,24)25-16-8-9-22(12-16)19-21-17-7-6-15(10-18(17)26-19)14-4-2-13(11-20)3-5-14/h2-7,10,16H,8-9,12H2,1H3. The van der Waals surface area contributed by atoms with Crippen molar-refractivity contribution >= 4 is 36.8 Å². The van der Waals surface area contributed by atoms with Crippen LogP contribution >= 0.6 is 11.3 Å². The maximum atomic E-state index is 11.3. The number of anilines is 1. The van der Waals surface area contributed by atoms with Crippen molar-refractivity contribution in [3.8, 4) is 17.2 Å². The molecule has 1 fully saturated rings. The minimum Gasteiger partial charge on any atom is -0.345 e. The van der Waals surface area contributed by atoms with Crippen molar-refractivity contribution in [3.05, 3.63) is 48.0 Å². The number of nitrogens with zero attached hydrogens (tertiary/aromatic N) is 3. The van der Waals surface area contributed by atoms with Crippen LogP contribution in [0.3, 0.4) is 0 Å². The molecule has 0 aliphatic carbocycles. The monoisotopic (exact) mass is 399 g/mol. The van der Waals surface area contributed by atoms with Crippen LogP contribution in [0.5, 0.6) is 0 Å². The van der Waals surface area contributed by atoms with Gasteiger partial charge in [0.05, 0.1) is 34.2 Å². The Labute approximate surface area is 161 Å². The fraction of sp³-hybridized carbons (Fsp3) is 0.263. The maximum Gasteiger partial charge on any atom is 0.264 e. The first-order chi connectivity index (χ1) is 12.9. The van der Waals surface area contributed by atoms with E-state index in [0.29, 0.717) is 18.5 Å². The van der Waals surface area contributed by atoms with E-state index in [9.17, 15) is 8.42 Å². The van der Waals surface area contributed by atoms with Crippen LogP contribution in [0, 0.1) is 11.3 Å². The lowest BCUT2D eigenvalue weighted by atomic mass is 10.0. The second-order valence-electron chi connectivity index (χ2n) is 6.53. The zero-order chi connectivity index (χ0) is 19.0. The van der Waals surface area contributed by atoms with Crippen molar-refractivity contribution in [2.24, 2.45) is 0 Å². The van der Waals surface area contributed by atoms with E-state index >= 15 is 0 Å². The third-order valence-corrected chi connectivity index (χ3v) is 6.15. The molecule has 27 heavy (non-hydrogen) atoms. The van der Waals surface area contributed by atoms with Crippen LogP contribution in [0.25, 0.3) is 21.3 Å². The van der Waals surface area contributed by atoms with Crippen molar-refractivity contribution in [1.29, 1.82) is 5.26 Å². The largest absolute Gasteiger partial charge is 0.345 e. The topological polar surface area (TPSA) is 83.3 Å². The van der Waals surface area contributed by atoms with E-state index in [2.05, 4.69) is 22.0 Å². The highest BCUT2D eigenvalue weighted by Gasteiger charge is 2.28. The number of thiazole rings is 1. The molecule has 6 nitrogen and oxygen atoms in total. The normalized spacial score (nSPS) is 17.3. The quantitative estimate of drug-likeness (QED) is 0.626. The van der Waals surface area contributed by atoms with E-state index in [1.807, 2.05) is 36.4 Å². The molecule has 0 spiro atoms. The summed E-state index contributed by atoms with van der Waals surface area (Å²) in [6.07, 6.45) is 1.43. The average molecular weight is 399 g/mol. The van der Waals surface area contributed by atoms with Gasteiger partial charge in [0.25, 0.3) is 10.1 Å². The summed E-state index contributed by atoms with van der Waals surface area (Å²) in [6.45, 7) is 1.25. The molecule has 2 aromatic carbocycles. The summed E-state index contributed by atoms with van der Waals surface area (Å²) in [4.78, 5) is 6.76. The molecule has 138 valence electrons. The Morgan fingerprint density at radius 1 is 1.22 bits per heavy atom. The van der Waals surface area contributed by atoms with E-state index in [0.717, 1.165) is 39.3 Å². The zero-order valence-electron chi connectivity index (χ0n) is 14.6. The van der Waals surface area contributed by atoms with Gasteiger partial charge < -0.3 is 4.90 Å². The third kappa shape index (κ3) is 3.95. The molecule has 0 saturated carbocycles. The Morgan fingerprint density at radius 2 is 1.96 bits per heavy atom.